The number of halogens is 1. The summed E-state index contributed by atoms with van der Waals surface area (Å²) in [5.74, 6) is 3.13. The van der Waals surface area contributed by atoms with Gasteiger partial charge in [0.1, 0.15) is 5.82 Å². The molecule has 31 heavy (non-hydrogen) atoms. The largest absolute Gasteiger partial charge is 0.481 e. The fourth-order valence-electron chi connectivity index (χ4n) is 2.84. The van der Waals surface area contributed by atoms with Gasteiger partial charge >= 0.3 is 0 Å². The first-order chi connectivity index (χ1) is 14.7. The van der Waals surface area contributed by atoms with Crippen LogP contribution in [0, 0.1) is 6.92 Å². The standard InChI is InChI=1S/C20H22N8O2.ClH/c1-13-10-16(30-28-13)12-22-20-21-9-8-17(25-20)24-18-11-15(26-27-18)7-6-14-4-3-5-19(23-14)29-2;/h3-5,8-11H,6-7,12H2,1-2H3,(H3,21,22,24,25,26,27);1H. The van der Waals surface area contributed by atoms with Gasteiger partial charge in [0.25, 0.3) is 0 Å². The van der Waals surface area contributed by atoms with Gasteiger partial charge in [0.05, 0.1) is 19.3 Å². The first kappa shape index (κ1) is 22.0. The summed E-state index contributed by atoms with van der Waals surface area (Å²) in [7, 11) is 1.61. The molecular formula is C20H23ClN8O2. The fourth-order valence-corrected chi connectivity index (χ4v) is 2.84. The highest BCUT2D eigenvalue weighted by atomic mass is 35.5. The minimum absolute atomic E-state index is 0. The lowest BCUT2D eigenvalue weighted by atomic mass is 10.2. The molecule has 0 atom stereocenters. The Balaban J connectivity index is 0.00000272. The zero-order valence-corrected chi connectivity index (χ0v) is 17.9. The van der Waals surface area contributed by atoms with Crippen LogP contribution in [0.25, 0.3) is 0 Å². The highest BCUT2D eigenvalue weighted by Crippen LogP contribution is 2.16. The van der Waals surface area contributed by atoms with Crippen molar-refractivity contribution in [1.29, 1.82) is 0 Å². The Labute approximate surface area is 185 Å². The first-order valence-electron chi connectivity index (χ1n) is 9.48. The van der Waals surface area contributed by atoms with Crippen molar-refractivity contribution in [1.82, 2.24) is 30.3 Å². The van der Waals surface area contributed by atoms with Crippen molar-refractivity contribution >= 4 is 30.0 Å². The monoisotopic (exact) mass is 442 g/mol. The van der Waals surface area contributed by atoms with E-state index >= 15 is 0 Å². The maximum Gasteiger partial charge on any atom is 0.224 e. The summed E-state index contributed by atoms with van der Waals surface area (Å²) in [6.07, 6.45) is 3.23. The zero-order chi connectivity index (χ0) is 20.8. The number of aromatic amines is 1. The Bertz CT molecular complexity index is 1110. The topological polar surface area (TPSA) is 127 Å². The number of nitrogens with one attached hydrogen (secondary N) is 3. The number of H-pyrrole nitrogens is 1. The predicted molar refractivity (Wildman–Crippen MR) is 118 cm³/mol. The Morgan fingerprint density at radius 3 is 2.81 bits per heavy atom. The molecule has 0 unspecified atom stereocenters. The number of nitrogens with zero attached hydrogens (tertiary/aromatic N) is 5. The zero-order valence-electron chi connectivity index (χ0n) is 17.1. The van der Waals surface area contributed by atoms with Gasteiger partial charge in [-0.2, -0.15) is 10.1 Å². The van der Waals surface area contributed by atoms with Gasteiger partial charge in [0.15, 0.2) is 11.6 Å². The number of hydrogen-bond acceptors (Lipinski definition) is 9. The fraction of sp³-hybridized carbons (Fsp3) is 0.250. The quantitative estimate of drug-likeness (QED) is 0.357. The van der Waals surface area contributed by atoms with Crippen LogP contribution >= 0.6 is 12.4 Å². The number of hydrogen-bond donors (Lipinski definition) is 3. The van der Waals surface area contributed by atoms with Gasteiger partial charge in [-0.15, -0.1) is 12.4 Å². The molecule has 3 N–H and O–H groups in total. The third-order valence-corrected chi connectivity index (χ3v) is 4.28. The Morgan fingerprint density at radius 2 is 2.00 bits per heavy atom. The van der Waals surface area contributed by atoms with Crippen molar-refractivity contribution in [2.75, 3.05) is 17.7 Å². The molecule has 4 aromatic rings. The molecule has 0 aliphatic carbocycles. The normalized spacial score (nSPS) is 10.4. The lowest BCUT2D eigenvalue weighted by molar-refractivity contribution is 0.384. The van der Waals surface area contributed by atoms with E-state index in [4.69, 9.17) is 9.26 Å². The lowest BCUT2D eigenvalue weighted by Gasteiger charge is -2.05. The molecule has 4 rings (SSSR count). The summed E-state index contributed by atoms with van der Waals surface area (Å²) >= 11 is 0. The summed E-state index contributed by atoms with van der Waals surface area (Å²) < 4.78 is 10.3. The minimum atomic E-state index is 0. The molecule has 0 amide bonds. The van der Waals surface area contributed by atoms with Crippen LogP contribution in [0.2, 0.25) is 0 Å². The van der Waals surface area contributed by atoms with E-state index in [1.807, 2.05) is 37.3 Å². The van der Waals surface area contributed by atoms with Crippen molar-refractivity contribution in [2.24, 2.45) is 0 Å². The van der Waals surface area contributed by atoms with Crippen molar-refractivity contribution < 1.29 is 9.26 Å². The maximum atomic E-state index is 5.17. The van der Waals surface area contributed by atoms with Gasteiger partial charge in [0, 0.05) is 35.8 Å². The Morgan fingerprint density at radius 1 is 1.10 bits per heavy atom. The lowest BCUT2D eigenvalue weighted by Crippen LogP contribution is -2.04. The van der Waals surface area contributed by atoms with E-state index in [1.54, 1.807) is 19.4 Å². The van der Waals surface area contributed by atoms with E-state index in [9.17, 15) is 0 Å². The number of methoxy groups -OCH3 is 1. The second-order valence-electron chi connectivity index (χ2n) is 6.63. The molecule has 0 aliphatic heterocycles. The average molecular weight is 443 g/mol. The van der Waals surface area contributed by atoms with E-state index in [0.717, 1.165) is 35.7 Å². The Kier molecular flexibility index (Phi) is 7.39. The van der Waals surface area contributed by atoms with Crippen LogP contribution < -0.4 is 15.4 Å². The molecule has 0 saturated carbocycles. The summed E-state index contributed by atoms with van der Waals surface area (Å²) in [5.41, 5.74) is 2.79. The Hall–Kier alpha value is -3.66. The van der Waals surface area contributed by atoms with E-state index in [-0.39, 0.29) is 12.4 Å². The van der Waals surface area contributed by atoms with Gasteiger partial charge in [-0.05, 0) is 31.9 Å². The second-order valence-corrected chi connectivity index (χ2v) is 6.63. The molecule has 0 aliphatic rings. The van der Waals surface area contributed by atoms with Crippen LogP contribution in [-0.2, 0) is 19.4 Å². The summed E-state index contributed by atoms with van der Waals surface area (Å²) in [4.78, 5) is 13.1. The molecule has 0 saturated heterocycles. The van der Waals surface area contributed by atoms with Gasteiger partial charge < -0.3 is 19.9 Å². The summed E-state index contributed by atoms with van der Waals surface area (Å²) in [6.45, 7) is 2.33. The molecule has 0 radical (unpaired) electrons. The van der Waals surface area contributed by atoms with Gasteiger partial charge in [0.2, 0.25) is 11.8 Å². The van der Waals surface area contributed by atoms with Crippen molar-refractivity contribution in [2.45, 2.75) is 26.3 Å². The average Bonchev–Trinajstić information content (AvgIpc) is 3.40. The molecular weight excluding hydrogens is 420 g/mol. The number of aromatic nitrogens is 6. The second kappa shape index (κ2) is 10.4. The maximum absolute atomic E-state index is 5.17. The molecule has 0 fully saturated rings. The highest BCUT2D eigenvalue weighted by molar-refractivity contribution is 5.85. The van der Waals surface area contributed by atoms with Crippen LogP contribution in [0.1, 0.15) is 22.8 Å². The molecule has 11 heteroatoms. The van der Waals surface area contributed by atoms with Gasteiger partial charge in [-0.25, -0.2) is 9.97 Å². The molecule has 0 aromatic carbocycles. The number of pyridine rings is 1. The first-order valence-corrected chi connectivity index (χ1v) is 9.48. The summed E-state index contributed by atoms with van der Waals surface area (Å²) in [6, 6.07) is 11.3. The number of rotatable bonds is 9. The van der Waals surface area contributed by atoms with E-state index in [0.29, 0.717) is 30.0 Å². The third kappa shape index (κ3) is 6.16. The molecule has 0 spiro atoms. The van der Waals surface area contributed by atoms with E-state index < -0.39 is 0 Å². The third-order valence-electron chi connectivity index (χ3n) is 4.28. The number of aryl methyl sites for hydroxylation is 3. The van der Waals surface area contributed by atoms with Crippen molar-refractivity contribution in [3.05, 3.63) is 65.4 Å². The van der Waals surface area contributed by atoms with Gasteiger partial charge in [-0.1, -0.05) is 11.2 Å². The predicted octanol–water partition coefficient (Wildman–Crippen LogP) is 3.46. The van der Waals surface area contributed by atoms with Crippen LogP contribution in [-0.4, -0.2) is 37.4 Å². The summed E-state index contributed by atoms with van der Waals surface area (Å²) in [5, 5.41) is 17.5. The van der Waals surface area contributed by atoms with Crippen LogP contribution in [0.5, 0.6) is 5.88 Å². The molecule has 162 valence electrons. The van der Waals surface area contributed by atoms with E-state index in [1.165, 1.54) is 0 Å². The van der Waals surface area contributed by atoms with Crippen molar-refractivity contribution in [3.63, 3.8) is 0 Å². The molecule has 0 bridgehead atoms. The highest BCUT2D eigenvalue weighted by Gasteiger charge is 2.07. The van der Waals surface area contributed by atoms with E-state index in [2.05, 4.69) is 40.9 Å². The molecule has 10 nitrogen and oxygen atoms in total. The minimum Gasteiger partial charge on any atom is -0.481 e. The smallest absolute Gasteiger partial charge is 0.224 e. The van der Waals surface area contributed by atoms with Crippen LogP contribution in [0.4, 0.5) is 17.6 Å². The van der Waals surface area contributed by atoms with Crippen molar-refractivity contribution in [3.8, 4) is 5.88 Å². The SMILES string of the molecule is COc1cccc(CCc2cc(Nc3ccnc(NCc4cc(C)no4)n3)n[nH]2)n1.Cl. The molecule has 4 aromatic heterocycles. The van der Waals surface area contributed by atoms with Gasteiger partial charge in [-0.3, -0.25) is 5.10 Å². The number of anilines is 3. The molecule has 4 heterocycles. The van der Waals surface area contributed by atoms with Crippen LogP contribution in [0.15, 0.2) is 47.1 Å². The number of ether oxygens (including phenoxy) is 1. The van der Waals surface area contributed by atoms with Crippen LogP contribution in [0.3, 0.4) is 0 Å².